The normalized spacial score (nSPS) is 16.2. The molecule has 2 amide bonds. The highest BCUT2D eigenvalue weighted by Gasteiger charge is 2.41. The number of ether oxygens (including phenoxy) is 1. The van der Waals surface area contributed by atoms with E-state index in [1.807, 2.05) is 22.7 Å². The van der Waals surface area contributed by atoms with E-state index in [0.717, 1.165) is 25.9 Å². The summed E-state index contributed by atoms with van der Waals surface area (Å²) >= 11 is 0. The summed E-state index contributed by atoms with van der Waals surface area (Å²) in [6.45, 7) is 18.6. The van der Waals surface area contributed by atoms with Gasteiger partial charge in [-0.25, -0.2) is 5.48 Å². The molecule has 0 saturated carbocycles. The monoisotopic (exact) mass is 419 g/mol. The van der Waals surface area contributed by atoms with Crippen LogP contribution in [0.4, 0.5) is 0 Å². The maximum absolute atomic E-state index is 11.6. The van der Waals surface area contributed by atoms with Gasteiger partial charge in [0.2, 0.25) is 5.91 Å². The molecule has 166 valence electrons. The number of rotatable bonds is 6. The quantitative estimate of drug-likeness (QED) is 0.200. The fraction of sp³-hybridized carbons (Fsp3) is 0.364. The van der Waals surface area contributed by atoms with Crippen molar-refractivity contribution in [1.29, 1.82) is 0 Å². The molecular formula is C22H33N3O5. The van der Waals surface area contributed by atoms with Gasteiger partial charge < -0.3 is 20.5 Å². The minimum absolute atomic E-state index is 0.0202. The van der Waals surface area contributed by atoms with Crippen molar-refractivity contribution in [3.63, 3.8) is 0 Å². The number of carbonyl (C=O) groups is 2. The number of piperidine rings is 1. The van der Waals surface area contributed by atoms with Gasteiger partial charge in [-0.2, -0.15) is 0 Å². The third kappa shape index (κ3) is 7.73. The number of amides is 2. The van der Waals surface area contributed by atoms with Crippen molar-refractivity contribution in [1.82, 2.24) is 10.4 Å². The third-order valence-corrected chi connectivity index (χ3v) is 4.64. The van der Waals surface area contributed by atoms with Crippen molar-refractivity contribution in [3.8, 4) is 0 Å². The van der Waals surface area contributed by atoms with E-state index in [0.29, 0.717) is 13.2 Å². The van der Waals surface area contributed by atoms with Crippen LogP contribution in [0.15, 0.2) is 74.3 Å². The summed E-state index contributed by atoms with van der Waals surface area (Å²) in [5.41, 5.74) is 8.62. The molecule has 1 saturated heterocycles. The molecule has 2 rings (SSSR count). The van der Waals surface area contributed by atoms with Gasteiger partial charge in [-0.05, 0) is 24.5 Å². The van der Waals surface area contributed by atoms with E-state index >= 15 is 0 Å². The second-order valence-electron chi connectivity index (χ2n) is 6.39. The number of nitrogens with one attached hydrogen (secondary N) is 1. The standard InChI is InChI=1S/C14H20N2O2.C6H9NO3.C2H4/c1-2-13(17)16-8-5-14(6-9-16)11-18-10-12(14)4-3-7-15;1-4(5(2)8)6(9)7-10-3;1-2/h2-4,10H,1,5-9,11,15H2;8H,1-2H2,3H3,(H,7,9);1-2H2/b4-3+;;. The summed E-state index contributed by atoms with van der Waals surface area (Å²) in [7, 11) is 1.28. The van der Waals surface area contributed by atoms with E-state index in [-0.39, 0.29) is 22.7 Å². The molecule has 2 heterocycles. The molecule has 8 nitrogen and oxygen atoms in total. The van der Waals surface area contributed by atoms with Crippen molar-refractivity contribution >= 4 is 11.8 Å². The second kappa shape index (κ2) is 14.0. The summed E-state index contributed by atoms with van der Waals surface area (Å²) in [4.78, 5) is 28.3. The van der Waals surface area contributed by atoms with E-state index in [1.165, 1.54) is 18.8 Å². The molecule has 0 unspecified atom stereocenters. The van der Waals surface area contributed by atoms with Crippen LogP contribution in [0.25, 0.3) is 0 Å². The number of hydroxylamine groups is 1. The van der Waals surface area contributed by atoms with Crippen molar-refractivity contribution < 1.29 is 24.3 Å². The van der Waals surface area contributed by atoms with E-state index in [2.05, 4.69) is 43.8 Å². The number of hydrogen-bond acceptors (Lipinski definition) is 6. The highest BCUT2D eigenvalue weighted by molar-refractivity contribution is 5.95. The molecule has 0 aromatic carbocycles. The first-order valence-electron chi connectivity index (χ1n) is 9.32. The number of carbonyl (C=O) groups excluding carboxylic acids is 2. The number of allylic oxidation sites excluding steroid dienone is 1. The van der Waals surface area contributed by atoms with Gasteiger partial charge in [-0.15, -0.1) is 13.2 Å². The first-order valence-corrected chi connectivity index (χ1v) is 9.32. The maximum Gasteiger partial charge on any atom is 0.277 e. The highest BCUT2D eigenvalue weighted by Crippen LogP contribution is 2.43. The molecule has 0 aromatic heterocycles. The van der Waals surface area contributed by atoms with Crippen molar-refractivity contribution in [2.45, 2.75) is 12.8 Å². The predicted molar refractivity (Wildman–Crippen MR) is 118 cm³/mol. The molecule has 8 heteroatoms. The summed E-state index contributed by atoms with van der Waals surface area (Å²) in [5, 5.41) is 8.61. The van der Waals surface area contributed by atoms with E-state index in [1.54, 1.807) is 0 Å². The Bertz CT molecular complexity index is 689. The number of aliphatic hydroxyl groups excluding tert-OH is 1. The zero-order valence-electron chi connectivity index (χ0n) is 17.7. The Morgan fingerprint density at radius 2 is 1.97 bits per heavy atom. The average molecular weight is 420 g/mol. The Kier molecular flexibility index (Phi) is 12.5. The average Bonchev–Trinajstić information content (AvgIpc) is 3.15. The van der Waals surface area contributed by atoms with Gasteiger partial charge in [-0.1, -0.05) is 31.9 Å². The Morgan fingerprint density at radius 3 is 2.43 bits per heavy atom. The number of aliphatic hydroxyl groups is 1. The van der Waals surface area contributed by atoms with Gasteiger partial charge >= 0.3 is 0 Å². The Labute approximate surface area is 178 Å². The largest absolute Gasteiger partial charge is 0.508 e. The smallest absolute Gasteiger partial charge is 0.277 e. The van der Waals surface area contributed by atoms with Crippen LogP contribution in [0.5, 0.6) is 0 Å². The van der Waals surface area contributed by atoms with Crippen LogP contribution in [0, 0.1) is 5.41 Å². The van der Waals surface area contributed by atoms with Gasteiger partial charge in [0.1, 0.15) is 5.76 Å². The van der Waals surface area contributed by atoms with Crippen molar-refractivity contribution in [2.24, 2.45) is 11.1 Å². The van der Waals surface area contributed by atoms with Gasteiger partial charge in [0.15, 0.2) is 0 Å². The topological polar surface area (TPSA) is 114 Å². The van der Waals surface area contributed by atoms with Crippen LogP contribution in [0.3, 0.4) is 0 Å². The summed E-state index contributed by atoms with van der Waals surface area (Å²) < 4.78 is 5.49. The molecule has 0 radical (unpaired) electrons. The highest BCUT2D eigenvalue weighted by atomic mass is 16.6. The van der Waals surface area contributed by atoms with Gasteiger partial charge in [0.05, 0.1) is 25.6 Å². The summed E-state index contributed by atoms with van der Waals surface area (Å²) in [6.07, 6.45) is 9.09. The lowest BCUT2D eigenvalue weighted by Gasteiger charge is -2.38. The molecule has 0 bridgehead atoms. The lowest BCUT2D eigenvalue weighted by Crippen LogP contribution is -2.43. The van der Waals surface area contributed by atoms with Crippen molar-refractivity contribution in [2.75, 3.05) is 33.4 Å². The van der Waals surface area contributed by atoms with Crippen LogP contribution in [-0.2, 0) is 19.2 Å². The van der Waals surface area contributed by atoms with E-state index < -0.39 is 5.91 Å². The second-order valence-corrected chi connectivity index (χ2v) is 6.39. The van der Waals surface area contributed by atoms with Crippen LogP contribution in [-0.4, -0.2) is 55.2 Å². The minimum atomic E-state index is -0.602. The maximum atomic E-state index is 11.6. The van der Waals surface area contributed by atoms with Crippen LogP contribution in [0.1, 0.15) is 12.8 Å². The van der Waals surface area contributed by atoms with Crippen LogP contribution < -0.4 is 11.2 Å². The van der Waals surface area contributed by atoms with Crippen molar-refractivity contribution in [3.05, 3.63) is 74.3 Å². The third-order valence-electron chi connectivity index (χ3n) is 4.64. The molecule has 2 aliphatic rings. The molecule has 1 spiro atoms. The molecule has 2 aliphatic heterocycles. The number of likely N-dealkylation sites (tertiary alicyclic amines) is 1. The molecule has 0 atom stereocenters. The Hall–Kier alpha value is -3.10. The van der Waals surface area contributed by atoms with Gasteiger partial charge in [-0.3, -0.25) is 14.4 Å². The van der Waals surface area contributed by atoms with Crippen LogP contribution >= 0.6 is 0 Å². The first kappa shape index (κ1) is 26.9. The van der Waals surface area contributed by atoms with E-state index in [9.17, 15) is 9.59 Å². The number of nitrogens with two attached hydrogens (primary N) is 1. The fourth-order valence-electron chi connectivity index (χ4n) is 2.91. The molecule has 0 aliphatic carbocycles. The fourth-order valence-corrected chi connectivity index (χ4v) is 2.91. The Morgan fingerprint density at radius 1 is 1.37 bits per heavy atom. The summed E-state index contributed by atoms with van der Waals surface area (Å²) in [5.74, 6) is -0.948. The lowest BCUT2D eigenvalue weighted by atomic mass is 9.74. The summed E-state index contributed by atoms with van der Waals surface area (Å²) in [6, 6.07) is 0. The lowest BCUT2D eigenvalue weighted by molar-refractivity contribution is -0.128. The molecule has 4 N–H and O–H groups in total. The first-order chi connectivity index (χ1) is 14.3. The number of hydrogen-bond donors (Lipinski definition) is 3. The molecule has 1 fully saturated rings. The predicted octanol–water partition coefficient (Wildman–Crippen LogP) is 2.30. The molecular weight excluding hydrogens is 386 g/mol. The zero-order chi connectivity index (χ0) is 23.2. The van der Waals surface area contributed by atoms with Crippen LogP contribution in [0.2, 0.25) is 0 Å². The minimum Gasteiger partial charge on any atom is -0.508 e. The van der Waals surface area contributed by atoms with Gasteiger partial charge in [0.25, 0.3) is 5.91 Å². The number of nitrogens with zero attached hydrogens (tertiary/aromatic N) is 1. The van der Waals surface area contributed by atoms with Gasteiger partial charge in [0, 0.05) is 25.0 Å². The SMILES string of the molecule is C=C.C=C(O)C(=C)C(=O)NOC.C=CC(=O)N1CCC2(CC1)COC=C2/C=C/CN. The zero-order valence-corrected chi connectivity index (χ0v) is 17.7. The molecule has 30 heavy (non-hydrogen) atoms. The molecule has 0 aromatic rings. The van der Waals surface area contributed by atoms with E-state index in [4.69, 9.17) is 15.6 Å². The Balaban J connectivity index is 0.000000600.